The molecule has 0 aliphatic rings. The Hall–Kier alpha value is -2.69. The Morgan fingerprint density at radius 1 is 1.16 bits per heavy atom. The lowest BCUT2D eigenvalue weighted by Gasteiger charge is -1.99. The van der Waals surface area contributed by atoms with E-state index in [-0.39, 0.29) is 0 Å². The van der Waals surface area contributed by atoms with E-state index in [0.717, 1.165) is 5.56 Å². The van der Waals surface area contributed by atoms with Crippen LogP contribution in [0, 0.1) is 0 Å². The Balaban J connectivity index is 2.19. The predicted molar refractivity (Wildman–Crippen MR) is 69.8 cm³/mol. The second kappa shape index (κ2) is 4.53. The number of methoxy groups -OCH3 is 1. The highest BCUT2D eigenvalue weighted by molar-refractivity contribution is 5.95. The third-order valence-corrected chi connectivity index (χ3v) is 2.80. The van der Waals surface area contributed by atoms with Crippen LogP contribution in [-0.4, -0.2) is 27.7 Å². The first kappa shape index (κ1) is 11.4. The smallest absolute Gasteiger partial charge is 0.341 e. The number of rotatable bonds is 2. The molecule has 0 N–H and O–H groups in total. The summed E-state index contributed by atoms with van der Waals surface area (Å²) in [6.07, 6.45) is 1.75. The van der Waals surface area contributed by atoms with Crippen LogP contribution in [0.4, 0.5) is 0 Å². The van der Waals surface area contributed by atoms with Crippen molar-refractivity contribution < 1.29 is 9.53 Å². The molecule has 0 saturated carbocycles. The summed E-state index contributed by atoms with van der Waals surface area (Å²) in [4.78, 5) is 16.1. The van der Waals surface area contributed by atoms with Crippen molar-refractivity contribution in [3.8, 4) is 11.4 Å². The third kappa shape index (κ3) is 1.95. The van der Waals surface area contributed by atoms with Crippen LogP contribution in [0.5, 0.6) is 0 Å². The van der Waals surface area contributed by atoms with E-state index in [4.69, 9.17) is 4.74 Å². The van der Waals surface area contributed by atoms with Crippen molar-refractivity contribution in [1.29, 1.82) is 0 Å². The molecule has 0 spiro atoms. The van der Waals surface area contributed by atoms with Gasteiger partial charge in [0.2, 0.25) is 0 Å². The molecular formula is C14H11N3O2. The van der Waals surface area contributed by atoms with Gasteiger partial charge in [0.05, 0.1) is 7.11 Å². The lowest BCUT2D eigenvalue weighted by atomic mass is 10.2. The van der Waals surface area contributed by atoms with Gasteiger partial charge in [-0.3, -0.25) is 0 Å². The SMILES string of the molecule is COC(=O)c1cccn2nc(-c3ccccc3)nc12. The lowest BCUT2D eigenvalue weighted by molar-refractivity contribution is 0.0602. The molecule has 19 heavy (non-hydrogen) atoms. The zero-order valence-corrected chi connectivity index (χ0v) is 10.3. The molecule has 2 heterocycles. The maximum Gasteiger partial charge on any atom is 0.341 e. The monoisotopic (exact) mass is 253 g/mol. The summed E-state index contributed by atoms with van der Waals surface area (Å²) in [5.74, 6) is 0.162. The summed E-state index contributed by atoms with van der Waals surface area (Å²) in [6.45, 7) is 0. The molecule has 0 atom stereocenters. The molecule has 0 bridgehead atoms. The van der Waals surface area contributed by atoms with Gasteiger partial charge in [-0.15, -0.1) is 5.10 Å². The number of carbonyl (C=O) groups excluding carboxylic acids is 1. The zero-order valence-electron chi connectivity index (χ0n) is 10.3. The van der Waals surface area contributed by atoms with Gasteiger partial charge in [-0.2, -0.15) is 0 Å². The molecule has 0 amide bonds. The van der Waals surface area contributed by atoms with Crippen molar-refractivity contribution in [2.24, 2.45) is 0 Å². The first-order valence-electron chi connectivity index (χ1n) is 5.79. The molecule has 3 aromatic rings. The van der Waals surface area contributed by atoms with Crippen LogP contribution >= 0.6 is 0 Å². The standard InChI is InChI=1S/C14H11N3O2/c1-19-14(18)11-8-5-9-17-13(11)15-12(16-17)10-6-3-2-4-7-10/h2-9H,1H3. The fourth-order valence-corrected chi connectivity index (χ4v) is 1.88. The van der Waals surface area contributed by atoms with Gasteiger partial charge in [0.25, 0.3) is 0 Å². The molecule has 0 aliphatic carbocycles. The summed E-state index contributed by atoms with van der Waals surface area (Å²) in [6, 6.07) is 13.0. The van der Waals surface area contributed by atoms with E-state index in [0.29, 0.717) is 17.0 Å². The van der Waals surface area contributed by atoms with Crippen LogP contribution in [0.2, 0.25) is 0 Å². The first-order chi connectivity index (χ1) is 9.29. The molecule has 0 unspecified atom stereocenters. The molecule has 0 radical (unpaired) electrons. The van der Waals surface area contributed by atoms with E-state index in [2.05, 4.69) is 10.1 Å². The number of benzene rings is 1. The third-order valence-electron chi connectivity index (χ3n) is 2.80. The molecule has 5 nitrogen and oxygen atoms in total. The van der Waals surface area contributed by atoms with Crippen LogP contribution in [0.1, 0.15) is 10.4 Å². The second-order valence-electron chi connectivity index (χ2n) is 3.98. The topological polar surface area (TPSA) is 56.5 Å². The minimum atomic E-state index is -0.419. The van der Waals surface area contributed by atoms with Crippen molar-refractivity contribution >= 4 is 11.6 Å². The first-order valence-corrected chi connectivity index (χ1v) is 5.79. The normalized spacial score (nSPS) is 10.6. The molecule has 2 aromatic heterocycles. The highest BCUT2D eigenvalue weighted by atomic mass is 16.5. The van der Waals surface area contributed by atoms with Crippen LogP contribution in [-0.2, 0) is 4.74 Å². The van der Waals surface area contributed by atoms with Gasteiger partial charge in [-0.05, 0) is 12.1 Å². The van der Waals surface area contributed by atoms with Crippen LogP contribution in [0.3, 0.4) is 0 Å². The summed E-state index contributed by atoms with van der Waals surface area (Å²) >= 11 is 0. The second-order valence-corrected chi connectivity index (χ2v) is 3.98. The molecule has 0 aliphatic heterocycles. The number of aromatic nitrogens is 3. The fraction of sp³-hybridized carbons (Fsp3) is 0.0714. The van der Waals surface area contributed by atoms with Crippen LogP contribution in [0.25, 0.3) is 17.0 Å². The fourth-order valence-electron chi connectivity index (χ4n) is 1.88. The van der Waals surface area contributed by atoms with Gasteiger partial charge in [-0.25, -0.2) is 14.3 Å². The summed E-state index contributed by atoms with van der Waals surface area (Å²) < 4.78 is 6.32. The van der Waals surface area contributed by atoms with Crippen molar-refractivity contribution in [3.63, 3.8) is 0 Å². The molecule has 0 saturated heterocycles. The van der Waals surface area contributed by atoms with E-state index in [1.165, 1.54) is 7.11 Å². The number of hydrogen-bond acceptors (Lipinski definition) is 4. The van der Waals surface area contributed by atoms with Gasteiger partial charge >= 0.3 is 5.97 Å². The highest BCUT2D eigenvalue weighted by Gasteiger charge is 2.14. The number of carbonyl (C=O) groups is 1. The Morgan fingerprint density at radius 2 is 1.95 bits per heavy atom. The van der Waals surface area contributed by atoms with E-state index < -0.39 is 5.97 Å². The number of fused-ring (bicyclic) bond motifs is 1. The van der Waals surface area contributed by atoms with Gasteiger partial charge in [0, 0.05) is 11.8 Å². The van der Waals surface area contributed by atoms with Crippen molar-refractivity contribution in [1.82, 2.24) is 14.6 Å². The minimum absolute atomic E-state index is 0.402. The molecule has 94 valence electrons. The van der Waals surface area contributed by atoms with Crippen LogP contribution in [0.15, 0.2) is 48.7 Å². The number of hydrogen-bond donors (Lipinski definition) is 0. The number of esters is 1. The highest BCUT2D eigenvalue weighted by Crippen LogP contribution is 2.17. The molecule has 3 rings (SSSR count). The van der Waals surface area contributed by atoms with E-state index >= 15 is 0 Å². The van der Waals surface area contributed by atoms with E-state index in [1.807, 2.05) is 30.3 Å². The summed E-state index contributed by atoms with van der Waals surface area (Å²) in [5.41, 5.74) is 1.80. The lowest BCUT2D eigenvalue weighted by Crippen LogP contribution is -2.04. The Kier molecular flexibility index (Phi) is 2.72. The maximum absolute atomic E-state index is 11.7. The van der Waals surface area contributed by atoms with E-state index in [1.54, 1.807) is 22.8 Å². The van der Waals surface area contributed by atoms with Gasteiger partial charge in [0.15, 0.2) is 11.5 Å². The Morgan fingerprint density at radius 3 is 2.68 bits per heavy atom. The van der Waals surface area contributed by atoms with Crippen LogP contribution < -0.4 is 0 Å². The largest absolute Gasteiger partial charge is 0.465 e. The van der Waals surface area contributed by atoms with Crippen molar-refractivity contribution in [2.45, 2.75) is 0 Å². The average molecular weight is 253 g/mol. The number of pyridine rings is 1. The van der Waals surface area contributed by atoms with Crippen molar-refractivity contribution in [3.05, 3.63) is 54.2 Å². The van der Waals surface area contributed by atoms with E-state index in [9.17, 15) is 4.79 Å². The van der Waals surface area contributed by atoms with Gasteiger partial charge < -0.3 is 4.74 Å². The number of ether oxygens (including phenoxy) is 1. The molecule has 5 heteroatoms. The number of nitrogens with zero attached hydrogens (tertiary/aromatic N) is 3. The van der Waals surface area contributed by atoms with Gasteiger partial charge in [0.1, 0.15) is 5.56 Å². The maximum atomic E-state index is 11.7. The predicted octanol–water partition coefficient (Wildman–Crippen LogP) is 2.18. The van der Waals surface area contributed by atoms with Gasteiger partial charge in [-0.1, -0.05) is 30.3 Å². The molecule has 1 aromatic carbocycles. The quantitative estimate of drug-likeness (QED) is 0.657. The summed E-state index contributed by atoms with van der Waals surface area (Å²) in [5, 5.41) is 4.36. The summed E-state index contributed by atoms with van der Waals surface area (Å²) in [7, 11) is 1.35. The Labute approximate surface area is 109 Å². The molecular weight excluding hydrogens is 242 g/mol. The minimum Gasteiger partial charge on any atom is -0.465 e. The Bertz CT molecular complexity index is 735. The average Bonchev–Trinajstić information content (AvgIpc) is 2.91. The zero-order chi connectivity index (χ0) is 13.2. The molecule has 0 fully saturated rings. The van der Waals surface area contributed by atoms with Crippen molar-refractivity contribution in [2.75, 3.05) is 7.11 Å².